The molecule has 1 N–H and O–H groups in total. The third-order valence-electron chi connectivity index (χ3n) is 2.37. The number of hydrogen-bond donors (Lipinski definition) is 1. The van der Waals surface area contributed by atoms with Gasteiger partial charge in [0, 0.05) is 0 Å². The zero-order valence-corrected chi connectivity index (χ0v) is 8.65. The van der Waals surface area contributed by atoms with Gasteiger partial charge < -0.3 is 4.98 Å². The minimum atomic E-state index is -0.553. The van der Waals surface area contributed by atoms with Crippen molar-refractivity contribution in [1.82, 2.24) is 9.55 Å². The fraction of sp³-hybridized carbons (Fsp3) is 0.182. The molecule has 0 saturated carbocycles. The number of H-pyrrole nitrogens is 1. The Hall–Kier alpha value is -2.35. The number of nitrogens with one attached hydrogen (secondary N) is 1. The second-order valence-electron chi connectivity index (χ2n) is 3.53. The predicted octanol–water partition coefficient (Wildman–Crippen LogP) is 0.522. The first-order valence-electron chi connectivity index (χ1n) is 4.74. The van der Waals surface area contributed by atoms with E-state index in [1.165, 1.54) is 0 Å². The number of rotatable bonds is 1. The monoisotopic (exact) mass is 215 g/mol. The highest BCUT2D eigenvalue weighted by Crippen LogP contribution is 2.07. The normalized spacial score (nSPS) is 10.2. The van der Waals surface area contributed by atoms with Gasteiger partial charge >= 0.3 is 5.69 Å². The maximum Gasteiger partial charge on any atom is 0.329 e. The molecular formula is C11H9N3O2. The molecule has 0 bridgehead atoms. The molecule has 0 spiro atoms. The van der Waals surface area contributed by atoms with Crippen LogP contribution >= 0.6 is 0 Å². The molecule has 1 aromatic carbocycles. The summed E-state index contributed by atoms with van der Waals surface area (Å²) in [7, 11) is 0. The number of hydrogen-bond acceptors (Lipinski definition) is 3. The van der Waals surface area contributed by atoms with Gasteiger partial charge in [-0.2, -0.15) is 5.26 Å². The summed E-state index contributed by atoms with van der Waals surface area (Å²) in [5.41, 5.74) is 0.446. The van der Waals surface area contributed by atoms with Gasteiger partial charge in [0.1, 0.15) is 6.54 Å². The second-order valence-corrected chi connectivity index (χ2v) is 3.53. The first-order chi connectivity index (χ1) is 7.63. The zero-order chi connectivity index (χ0) is 11.7. The lowest BCUT2D eigenvalue weighted by Crippen LogP contribution is -2.34. The third-order valence-corrected chi connectivity index (χ3v) is 2.37. The predicted molar refractivity (Wildman–Crippen MR) is 59.2 cm³/mol. The average molecular weight is 215 g/mol. The standard InChI is InChI=1S/C11H9N3O2/c1-7-2-3-9-8(6-7)10(15)14(5-4-12)11(16)13-9/h2-3,6H,5H2,1H3,(H,13,16). The van der Waals surface area contributed by atoms with Crippen molar-refractivity contribution in [3.63, 3.8) is 0 Å². The number of nitrogens with zero attached hydrogens (tertiary/aromatic N) is 2. The van der Waals surface area contributed by atoms with Crippen molar-refractivity contribution in [3.8, 4) is 6.07 Å². The number of aromatic amines is 1. The lowest BCUT2D eigenvalue weighted by molar-refractivity contribution is 0.735. The number of aromatic nitrogens is 2. The SMILES string of the molecule is Cc1ccc2[nH]c(=O)n(CC#N)c(=O)c2c1. The summed E-state index contributed by atoms with van der Waals surface area (Å²) in [6, 6.07) is 6.98. The van der Waals surface area contributed by atoms with E-state index in [4.69, 9.17) is 5.26 Å². The molecule has 0 aliphatic heterocycles. The summed E-state index contributed by atoms with van der Waals surface area (Å²) >= 11 is 0. The van der Waals surface area contributed by atoms with Crippen molar-refractivity contribution in [2.24, 2.45) is 0 Å². The molecule has 5 heteroatoms. The Labute approximate surface area is 90.6 Å². The van der Waals surface area contributed by atoms with Crippen molar-refractivity contribution in [2.75, 3.05) is 0 Å². The second kappa shape index (κ2) is 3.66. The molecule has 16 heavy (non-hydrogen) atoms. The van der Waals surface area contributed by atoms with E-state index in [0.717, 1.165) is 10.1 Å². The van der Waals surface area contributed by atoms with Gasteiger partial charge in [-0.3, -0.25) is 4.79 Å². The van der Waals surface area contributed by atoms with Crippen LogP contribution in [-0.2, 0) is 6.54 Å². The number of fused-ring (bicyclic) bond motifs is 1. The van der Waals surface area contributed by atoms with Crippen molar-refractivity contribution < 1.29 is 0 Å². The van der Waals surface area contributed by atoms with E-state index in [0.29, 0.717) is 10.9 Å². The van der Waals surface area contributed by atoms with Crippen LogP contribution < -0.4 is 11.2 Å². The Bertz CT molecular complexity index is 704. The first kappa shape index (κ1) is 10.2. The topological polar surface area (TPSA) is 78.7 Å². The van der Waals surface area contributed by atoms with Gasteiger partial charge in [-0.1, -0.05) is 11.6 Å². The molecule has 0 radical (unpaired) electrons. The molecule has 0 amide bonds. The molecule has 0 saturated heterocycles. The fourth-order valence-electron chi connectivity index (χ4n) is 1.58. The summed E-state index contributed by atoms with van der Waals surface area (Å²) in [5, 5.41) is 8.96. The number of benzene rings is 1. The maximum atomic E-state index is 11.9. The van der Waals surface area contributed by atoms with Gasteiger partial charge in [0.05, 0.1) is 17.0 Å². The van der Waals surface area contributed by atoms with E-state index in [9.17, 15) is 9.59 Å². The van der Waals surface area contributed by atoms with Crippen molar-refractivity contribution in [3.05, 3.63) is 44.6 Å². The van der Waals surface area contributed by atoms with Crippen LogP contribution in [0.1, 0.15) is 5.56 Å². The van der Waals surface area contributed by atoms with Crippen LogP contribution in [0.25, 0.3) is 10.9 Å². The summed E-state index contributed by atoms with van der Waals surface area (Å²) in [5.74, 6) is 0. The minimum Gasteiger partial charge on any atom is -0.307 e. The molecular weight excluding hydrogens is 206 g/mol. The summed E-state index contributed by atoms with van der Waals surface area (Å²) in [6.45, 7) is 1.62. The van der Waals surface area contributed by atoms with Crippen LogP contribution in [-0.4, -0.2) is 9.55 Å². The van der Waals surface area contributed by atoms with Crippen LogP contribution in [0.3, 0.4) is 0 Å². The Morgan fingerprint density at radius 3 is 2.88 bits per heavy atom. The van der Waals surface area contributed by atoms with Gasteiger partial charge in [-0.05, 0) is 19.1 Å². The van der Waals surface area contributed by atoms with Crippen LogP contribution in [0.4, 0.5) is 0 Å². The summed E-state index contributed by atoms with van der Waals surface area (Å²) in [4.78, 5) is 25.9. The Morgan fingerprint density at radius 2 is 2.19 bits per heavy atom. The molecule has 2 aromatic rings. The molecule has 1 heterocycles. The van der Waals surface area contributed by atoms with Crippen LogP contribution in [0.5, 0.6) is 0 Å². The molecule has 0 aliphatic carbocycles. The lowest BCUT2D eigenvalue weighted by atomic mass is 10.2. The summed E-state index contributed by atoms with van der Waals surface area (Å²) in [6.07, 6.45) is 0. The highest BCUT2D eigenvalue weighted by Gasteiger charge is 2.06. The first-order valence-corrected chi connectivity index (χ1v) is 4.74. The van der Waals surface area contributed by atoms with Crippen LogP contribution in [0, 0.1) is 18.3 Å². The van der Waals surface area contributed by atoms with E-state index in [1.54, 1.807) is 18.2 Å². The van der Waals surface area contributed by atoms with E-state index >= 15 is 0 Å². The molecule has 2 rings (SSSR count). The van der Waals surface area contributed by atoms with E-state index in [2.05, 4.69) is 4.98 Å². The average Bonchev–Trinajstić information content (AvgIpc) is 2.26. The van der Waals surface area contributed by atoms with Crippen molar-refractivity contribution in [1.29, 1.82) is 5.26 Å². The Kier molecular flexibility index (Phi) is 2.33. The number of nitriles is 1. The maximum absolute atomic E-state index is 11.9. The number of aryl methyl sites for hydroxylation is 1. The van der Waals surface area contributed by atoms with Crippen molar-refractivity contribution >= 4 is 10.9 Å². The van der Waals surface area contributed by atoms with E-state index in [1.807, 2.05) is 13.0 Å². The van der Waals surface area contributed by atoms with Gasteiger partial charge in [-0.15, -0.1) is 0 Å². The van der Waals surface area contributed by atoms with Gasteiger partial charge in [0.2, 0.25) is 0 Å². The smallest absolute Gasteiger partial charge is 0.307 e. The largest absolute Gasteiger partial charge is 0.329 e. The van der Waals surface area contributed by atoms with Crippen molar-refractivity contribution in [2.45, 2.75) is 13.5 Å². The van der Waals surface area contributed by atoms with E-state index in [-0.39, 0.29) is 6.54 Å². The Balaban J connectivity index is 2.92. The van der Waals surface area contributed by atoms with Crippen LogP contribution in [0.15, 0.2) is 27.8 Å². The zero-order valence-electron chi connectivity index (χ0n) is 8.65. The Morgan fingerprint density at radius 1 is 1.44 bits per heavy atom. The molecule has 0 fully saturated rings. The molecule has 1 aromatic heterocycles. The third kappa shape index (κ3) is 1.50. The van der Waals surface area contributed by atoms with Gasteiger partial charge in [0.15, 0.2) is 0 Å². The fourth-order valence-corrected chi connectivity index (χ4v) is 1.58. The van der Waals surface area contributed by atoms with E-state index < -0.39 is 11.2 Å². The molecule has 0 aliphatic rings. The highest BCUT2D eigenvalue weighted by molar-refractivity contribution is 5.77. The molecule has 0 atom stereocenters. The lowest BCUT2D eigenvalue weighted by Gasteiger charge is -2.02. The molecule has 80 valence electrons. The molecule has 0 unspecified atom stereocenters. The highest BCUT2D eigenvalue weighted by atomic mass is 16.2. The summed E-state index contributed by atoms with van der Waals surface area (Å²) < 4.78 is 0.891. The van der Waals surface area contributed by atoms with Crippen LogP contribution in [0.2, 0.25) is 0 Å². The quantitative estimate of drug-likeness (QED) is 0.753. The molecule has 5 nitrogen and oxygen atoms in total. The van der Waals surface area contributed by atoms with Gasteiger partial charge in [0.25, 0.3) is 5.56 Å². The van der Waals surface area contributed by atoms with Gasteiger partial charge in [-0.25, -0.2) is 9.36 Å². The minimum absolute atomic E-state index is 0.238.